The normalized spacial score (nSPS) is 12.5. The lowest BCUT2D eigenvalue weighted by Crippen LogP contribution is -2.37. The number of amides is 1. The molecular formula is C20H22ClN3O3S. The number of fused-ring (bicyclic) bond motifs is 1. The van der Waals surface area contributed by atoms with Gasteiger partial charge in [-0.25, -0.2) is 4.98 Å². The van der Waals surface area contributed by atoms with Crippen LogP contribution in [0, 0.1) is 5.92 Å². The summed E-state index contributed by atoms with van der Waals surface area (Å²) in [6.07, 6.45) is 1.56. The van der Waals surface area contributed by atoms with Crippen LogP contribution < -0.4 is 10.9 Å². The number of carbonyl (C=O) groups is 1. The third kappa shape index (κ3) is 4.77. The predicted molar refractivity (Wildman–Crippen MR) is 112 cm³/mol. The molecule has 148 valence electrons. The van der Waals surface area contributed by atoms with Crippen molar-refractivity contribution in [3.8, 4) is 0 Å². The highest BCUT2D eigenvalue weighted by Crippen LogP contribution is 2.21. The van der Waals surface area contributed by atoms with E-state index in [0.717, 1.165) is 0 Å². The van der Waals surface area contributed by atoms with Crippen LogP contribution in [0.1, 0.15) is 26.5 Å². The van der Waals surface area contributed by atoms with Crippen molar-refractivity contribution in [3.63, 3.8) is 0 Å². The van der Waals surface area contributed by atoms with Crippen LogP contribution >= 0.6 is 23.4 Å². The summed E-state index contributed by atoms with van der Waals surface area (Å²) in [5.41, 5.74) is 0.308. The van der Waals surface area contributed by atoms with E-state index in [1.54, 1.807) is 36.6 Å². The third-order valence-electron chi connectivity index (χ3n) is 4.50. The van der Waals surface area contributed by atoms with E-state index in [0.29, 0.717) is 32.8 Å². The summed E-state index contributed by atoms with van der Waals surface area (Å²) in [7, 11) is 0. The molecular weight excluding hydrogens is 398 g/mol. The summed E-state index contributed by atoms with van der Waals surface area (Å²) in [4.78, 5) is 29.9. The second-order valence-corrected chi connectivity index (χ2v) is 8.29. The molecule has 0 saturated carbocycles. The van der Waals surface area contributed by atoms with Gasteiger partial charge in [-0.2, -0.15) is 0 Å². The first-order chi connectivity index (χ1) is 13.3. The summed E-state index contributed by atoms with van der Waals surface area (Å²) in [5, 5.41) is 4.38. The summed E-state index contributed by atoms with van der Waals surface area (Å²) in [6.45, 7) is 6.31. The molecule has 0 bridgehead atoms. The number of hydrogen-bond acceptors (Lipinski definition) is 5. The summed E-state index contributed by atoms with van der Waals surface area (Å²) >= 11 is 7.28. The Morgan fingerprint density at radius 3 is 2.79 bits per heavy atom. The highest BCUT2D eigenvalue weighted by Gasteiger charge is 2.16. The van der Waals surface area contributed by atoms with Gasteiger partial charge in [-0.3, -0.25) is 14.2 Å². The van der Waals surface area contributed by atoms with Crippen LogP contribution in [0.15, 0.2) is 51.0 Å². The van der Waals surface area contributed by atoms with Crippen LogP contribution in [0.4, 0.5) is 0 Å². The number of benzene rings is 1. The van der Waals surface area contributed by atoms with Crippen molar-refractivity contribution in [2.75, 3.05) is 5.75 Å². The Bertz CT molecular complexity index is 1030. The maximum Gasteiger partial charge on any atom is 0.262 e. The molecule has 0 aliphatic rings. The molecule has 1 unspecified atom stereocenters. The van der Waals surface area contributed by atoms with E-state index in [2.05, 4.69) is 10.3 Å². The van der Waals surface area contributed by atoms with E-state index >= 15 is 0 Å². The molecule has 6 nitrogen and oxygen atoms in total. The molecule has 1 amide bonds. The van der Waals surface area contributed by atoms with Crippen LogP contribution in [0.5, 0.6) is 0 Å². The Kier molecular flexibility index (Phi) is 6.46. The van der Waals surface area contributed by atoms with Crippen LogP contribution in [-0.4, -0.2) is 27.3 Å². The van der Waals surface area contributed by atoms with Crippen molar-refractivity contribution in [1.82, 2.24) is 14.9 Å². The van der Waals surface area contributed by atoms with Crippen molar-refractivity contribution >= 4 is 40.2 Å². The minimum Gasteiger partial charge on any atom is -0.467 e. The fraction of sp³-hybridized carbons (Fsp3) is 0.350. The highest BCUT2D eigenvalue weighted by molar-refractivity contribution is 7.99. The number of hydrogen-bond donors (Lipinski definition) is 1. The van der Waals surface area contributed by atoms with E-state index in [9.17, 15) is 9.59 Å². The molecule has 3 aromatic rings. The average molecular weight is 420 g/mol. The summed E-state index contributed by atoms with van der Waals surface area (Å²) < 4.78 is 6.91. The van der Waals surface area contributed by atoms with Gasteiger partial charge in [-0.1, -0.05) is 37.2 Å². The first kappa shape index (κ1) is 20.5. The zero-order valence-electron chi connectivity index (χ0n) is 15.9. The minimum absolute atomic E-state index is 0.0711. The van der Waals surface area contributed by atoms with E-state index in [-0.39, 0.29) is 29.8 Å². The maximum atomic E-state index is 13.0. The maximum absolute atomic E-state index is 13.0. The molecule has 0 fully saturated rings. The monoisotopic (exact) mass is 419 g/mol. The van der Waals surface area contributed by atoms with Crippen LogP contribution in [0.25, 0.3) is 10.9 Å². The van der Waals surface area contributed by atoms with Crippen molar-refractivity contribution in [2.45, 2.75) is 38.5 Å². The number of nitrogens with one attached hydrogen (secondary N) is 1. The van der Waals surface area contributed by atoms with Crippen molar-refractivity contribution in [3.05, 3.63) is 57.7 Å². The van der Waals surface area contributed by atoms with Crippen LogP contribution in [0.3, 0.4) is 0 Å². The lowest BCUT2D eigenvalue weighted by atomic mass is 10.1. The molecule has 1 aromatic carbocycles. The van der Waals surface area contributed by atoms with Crippen molar-refractivity contribution < 1.29 is 9.21 Å². The number of aromatic nitrogens is 2. The van der Waals surface area contributed by atoms with Crippen LogP contribution in [-0.2, 0) is 11.3 Å². The molecule has 3 rings (SSSR count). The molecule has 0 aliphatic carbocycles. The Labute approximate surface area is 172 Å². The number of thioether (sulfide) groups is 1. The molecule has 8 heteroatoms. The molecule has 0 spiro atoms. The molecule has 1 atom stereocenters. The van der Waals surface area contributed by atoms with E-state index in [1.165, 1.54) is 16.3 Å². The van der Waals surface area contributed by atoms with Gasteiger partial charge >= 0.3 is 0 Å². The van der Waals surface area contributed by atoms with Gasteiger partial charge in [-0.15, -0.1) is 0 Å². The lowest BCUT2D eigenvalue weighted by molar-refractivity contribution is -0.119. The Balaban J connectivity index is 1.92. The van der Waals surface area contributed by atoms with Gasteiger partial charge in [0, 0.05) is 11.1 Å². The SMILES string of the molecule is CC(C)C(C)NC(=O)CSc1nc2cc(Cl)ccc2c(=O)n1Cc1ccco1. The van der Waals surface area contributed by atoms with Gasteiger partial charge in [-0.05, 0) is 43.2 Å². The van der Waals surface area contributed by atoms with Gasteiger partial charge in [0.05, 0.1) is 29.5 Å². The second kappa shape index (κ2) is 8.84. The minimum atomic E-state index is -0.198. The quantitative estimate of drug-likeness (QED) is 0.463. The first-order valence-corrected chi connectivity index (χ1v) is 10.4. The molecule has 2 aromatic heterocycles. The van der Waals surface area contributed by atoms with Crippen LogP contribution in [0.2, 0.25) is 5.02 Å². The zero-order valence-corrected chi connectivity index (χ0v) is 17.5. The van der Waals surface area contributed by atoms with Gasteiger partial charge in [0.25, 0.3) is 5.56 Å². The first-order valence-electron chi connectivity index (χ1n) is 9.00. The average Bonchev–Trinajstić information content (AvgIpc) is 3.15. The number of rotatable bonds is 7. The Morgan fingerprint density at radius 2 is 2.11 bits per heavy atom. The molecule has 28 heavy (non-hydrogen) atoms. The third-order valence-corrected chi connectivity index (χ3v) is 5.71. The molecule has 1 N–H and O–H groups in total. The molecule has 2 heterocycles. The zero-order chi connectivity index (χ0) is 20.3. The topological polar surface area (TPSA) is 77.1 Å². The summed E-state index contributed by atoms with van der Waals surface area (Å²) in [6, 6.07) is 8.61. The highest BCUT2D eigenvalue weighted by atomic mass is 35.5. The predicted octanol–water partition coefficient (Wildman–Crippen LogP) is 3.94. The lowest BCUT2D eigenvalue weighted by Gasteiger charge is -2.17. The molecule has 0 aliphatic heterocycles. The van der Waals surface area contributed by atoms with E-state index in [4.69, 9.17) is 16.0 Å². The number of nitrogens with zero attached hydrogens (tertiary/aromatic N) is 2. The van der Waals surface area contributed by atoms with Gasteiger partial charge < -0.3 is 9.73 Å². The largest absolute Gasteiger partial charge is 0.467 e. The number of carbonyl (C=O) groups excluding carboxylic acids is 1. The van der Waals surface area contributed by atoms with Crippen molar-refractivity contribution in [2.24, 2.45) is 5.92 Å². The van der Waals surface area contributed by atoms with Crippen molar-refractivity contribution in [1.29, 1.82) is 0 Å². The van der Waals surface area contributed by atoms with Gasteiger partial charge in [0.15, 0.2) is 5.16 Å². The smallest absolute Gasteiger partial charge is 0.262 e. The molecule has 0 saturated heterocycles. The number of furan rings is 1. The summed E-state index contributed by atoms with van der Waals surface area (Å²) in [5.74, 6) is 1.04. The van der Waals surface area contributed by atoms with E-state index < -0.39 is 0 Å². The van der Waals surface area contributed by atoms with Gasteiger partial charge in [0.1, 0.15) is 5.76 Å². The fourth-order valence-electron chi connectivity index (χ4n) is 2.57. The Hall–Kier alpha value is -2.25. The Morgan fingerprint density at radius 1 is 1.32 bits per heavy atom. The van der Waals surface area contributed by atoms with E-state index in [1.807, 2.05) is 20.8 Å². The standard InChI is InChI=1S/C20H22ClN3O3S/c1-12(2)13(3)22-18(25)11-28-20-23-17-9-14(21)6-7-16(17)19(26)24(20)10-15-5-4-8-27-15/h4-9,12-13H,10-11H2,1-3H3,(H,22,25). The fourth-order valence-corrected chi connectivity index (χ4v) is 3.55. The molecule has 0 radical (unpaired) electrons. The number of halogens is 1. The van der Waals surface area contributed by atoms with Gasteiger partial charge in [0.2, 0.25) is 5.91 Å². The second-order valence-electron chi connectivity index (χ2n) is 6.92.